The molecule has 4 aliphatic heterocycles. The minimum absolute atomic E-state index is 0.132. The van der Waals surface area contributed by atoms with Crippen LogP contribution in [0.5, 0.6) is 0 Å². The van der Waals surface area contributed by atoms with Crippen molar-refractivity contribution < 1.29 is 0 Å². The molecular weight excluding hydrogens is 985 g/mol. The summed E-state index contributed by atoms with van der Waals surface area (Å²) in [6.07, 6.45) is 15.0. The molecule has 8 aromatic rings. The number of allylic oxidation sites excluding steroid dienone is 3. The second kappa shape index (κ2) is 29.0. The normalized spacial score (nSPS) is 11.6. The van der Waals surface area contributed by atoms with E-state index in [1.807, 2.05) is 76.3 Å². The van der Waals surface area contributed by atoms with E-state index in [1.165, 1.54) is 64.2 Å². The number of hydrogen-bond donors (Lipinski definition) is 1. The Hall–Kier alpha value is -5.52. The Kier molecular flexibility index (Phi) is 21.6. The number of nitrogens with zero attached hydrogens (tertiary/aromatic N) is 5. The van der Waals surface area contributed by atoms with Crippen LogP contribution in [0.1, 0.15) is 0 Å². The average Bonchev–Trinajstić information content (AvgIpc) is 3.63. The summed E-state index contributed by atoms with van der Waals surface area (Å²) in [6.45, 7) is 3.33. The summed E-state index contributed by atoms with van der Waals surface area (Å²) < 4.78 is 4.15. The maximum absolute atomic E-state index is 4.05. The fourth-order valence-corrected chi connectivity index (χ4v) is 9.32. The Morgan fingerprint density at radius 2 is 1.30 bits per heavy atom. The van der Waals surface area contributed by atoms with Gasteiger partial charge in [-0.2, -0.15) is 0 Å². The first kappa shape index (κ1) is 47.0. The Labute approximate surface area is 391 Å². The van der Waals surface area contributed by atoms with Crippen molar-refractivity contribution in [3.8, 4) is 22.5 Å². The van der Waals surface area contributed by atoms with Gasteiger partial charge in [-0.05, 0) is 57.0 Å². The van der Waals surface area contributed by atoms with Crippen LogP contribution in [0, 0.1) is 0 Å². The van der Waals surface area contributed by atoms with Crippen LogP contribution in [-0.4, -0.2) is 97.1 Å². The third-order valence-corrected chi connectivity index (χ3v) is 13.7. The van der Waals surface area contributed by atoms with Gasteiger partial charge in [0, 0.05) is 33.5 Å². The predicted octanol–water partition coefficient (Wildman–Crippen LogP) is 9.28. The first-order chi connectivity index (χ1) is 31.3. The van der Waals surface area contributed by atoms with Crippen molar-refractivity contribution in [3.63, 3.8) is 0 Å². The van der Waals surface area contributed by atoms with Crippen LogP contribution in [-0.2, 0) is 0 Å². The molecule has 0 atom stereocenters. The van der Waals surface area contributed by atoms with Gasteiger partial charge in [0.25, 0.3) is 0 Å². The van der Waals surface area contributed by atoms with Crippen molar-refractivity contribution >= 4 is 97.6 Å². The van der Waals surface area contributed by atoms with Crippen LogP contribution in [0.3, 0.4) is 0 Å². The summed E-state index contributed by atoms with van der Waals surface area (Å²) in [5.74, 6) is 2.16. The van der Waals surface area contributed by atoms with E-state index in [0.29, 0.717) is 23.6 Å². The Morgan fingerprint density at radius 1 is 0.635 bits per heavy atom. The third kappa shape index (κ3) is 18.0. The molecule has 0 unspecified atom stereocenters. The van der Waals surface area contributed by atoms with Crippen molar-refractivity contribution in [2.45, 2.75) is 0 Å². The van der Waals surface area contributed by atoms with E-state index in [1.54, 1.807) is 12.5 Å². The number of nitrogens with one attached hydrogen (secondary N) is 1. The van der Waals surface area contributed by atoms with Crippen molar-refractivity contribution in [2.75, 3.05) is 19.6 Å². The van der Waals surface area contributed by atoms with Crippen molar-refractivity contribution in [3.05, 3.63) is 224 Å². The van der Waals surface area contributed by atoms with Gasteiger partial charge in [0.1, 0.15) is 6.33 Å². The molecule has 13 rings (SSSR count). The molecule has 4 aromatic heterocycles. The van der Waals surface area contributed by atoms with Gasteiger partial charge in [-0.25, -0.2) is 9.97 Å². The van der Waals surface area contributed by atoms with Crippen LogP contribution in [0.4, 0.5) is 0 Å². The quantitative estimate of drug-likeness (QED) is 0.121. The van der Waals surface area contributed by atoms with E-state index >= 15 is 0 Å². The van der Waals surface area contributed by atoms with Crippen LogP contribution in [0.2, 0.25) is 0 Å². The number of aromatic nitrogens is 4. The number of imidazole rings is 1. The molecule has 5 aliphatic rings. The summed E-state index contributed by atoms with van der Waals surface area (Å²) in [6, 6.07) is 52.4. The first-order valence-electron chi connectivity index (χ1n) is 20.4. The predicted molar refractivity (Wildman–Crippen MR) is 276 cm³/mol. The zero-order valence-corrected chi connectivity index (χ0v) is 40.9. The Morgan fingerprint density at radius 3 is 1.92 bits per heavy atom. The number of fused-ring (bicyclic) bond motifs is 6. The van der Waals surface area contributed by atoms with Gasteiger partial charge in [0.2, 0.25) is 0 Å². The molecule has 0 saturated carbocycles. The Balaban J connectivity index is 0.000000123. The summed E-state index contributed by atoms with van der Waals surface area (Å²) in [4.78, 5) is 23.3. The van der Waals surface area contributed by atoms with Gasteiger partial charge < -0.3 is 5.32 Å². The van der Waals surface area contributed by atoms with Gasteiger partial charge in [-0.1, -0.05) is 176 Å². The van der Waals surface area contributed by atoms with Gasteiger partial charge in [0.05, 0.1) is 17.9 Å². The summed E-state index contributed by atoms with van der Waals surface area (Å²) >= 11 is 0.729. The largest absolute Gasteiger partial charge is 0.235 e. The second-order valence-electron chi connectivity index (χ2n) is 13.3. The van der Waals surface area contributed by atoms with Crippen molar-refractivity contribution in [1.29, 1.82) is 0 Å². The summed E-state index contributed by atoms with van der Waals surface area (Å²) in [7, 11) is 3.96. The molecule has 8 heterocycles. The third-order valence-electron chi connectivity index (χ3n) is 8.79. The van der Waals surface area contributed by atoms with Crippen molar-refractivity contribution in [1.82, 2.24) is 25.3 Å². The fourth-order valence-electron chi connectivity index (χ4n) is 5.74. The molecule has 63 heavy (non-hydrogen) atoms. The standard InChI is InChI=1S/C12H8B.C9H7P.C9H8Si.C8H6N2.C6H7N.C3H3NSe.C3H3NTe.C2H5N/c1-3-7-11-9(5-1)10-6-2-4-8-12(10)13-11;2*1-2-6-9-8(4-1)5-3-7-10-9;1-2-4-7-8(5-3-1)10-6-9-7;1-2-4-6-7-5-3-1;2*1-2-5-3-4-1;1-2-3-1/h1-8H;1-7H;1-7,10H;1-6H;1-5H,6H2;2*1-3H;3H,1-2H2. The van der Waals surface area contributed by atoms with Crippen LogP contribution in [0.25, 0.3) is 43.4 Å². The van der Waals surface area contributed by atoms with Gasteiger partial charge >= 0.3 is 75.6 Å². The smallest absolute Gasteiger partial charge is 0.116 e. The molecule has 1 saturated heterocycles. The molecule has 0 bridgehead atoms. The molecule has 1 fully saturated rings. The zero-order chi connectivity index (χ0) is 43.3. The molecule has 6 nitrogen and oxygen atoms in total. The molecule has 309 valence electrons. The van der Waals surface area contributed by atoms with E-state index in [0.717, 1.165) is 17.9 Å². The fraction of sp³-hybridized carbons (Fsp3) is 0.0577. The number of rotatable bonds is 0. The molecule has 0 spiro atoms. The molecule has 1 aliphatic carbocycles. The molecule has 1 N–H and O–H groups in total. The summed E-state index contributed by atoms with van der Waals surface area (Å²) in [5, 5.41) is 9.10. The van der Waals surface area contributed by atoms with E-state index < -0.39 is 0 Å². The first-order valence-corrected chi connectivity index (χ1v) is 27.3. The summed E-state index contributed by atoms with van der Waals surface area (Å²) in [5.41, 5.74) is 9.56. The van der Waals surface area contributed by atoms with E-state index in [-0.39, 0.29) is 20.4 Å². The molecular formula is C52H47BN6PSeSiTe. The maximum Gasteiger partial charge on any atom is 0.116 e. The average molecular weight is 1030 g/mol. The van der Waals surface area contributed by atoms with Crippen LogP contribution < -0.4 is 16.2 Å². The van der Waals surface area contributed by atoms with Gasteiger partial charge in [-0.3, -0.25) is 4.99 Å². The molecule has 0 amide bonds. The minimum atomic E-state index is 0.132. The minimum Gasteiger partial charge on any atom is -0.235 e. The molecule has 1 radical (unpaired) electrons. The van der Waals surface area contributed by atoms with Crippen LogP contribution >= 0.6 is 8.19 Å². The topological polar surface area (TPSA) is 85.9 Å². The monoisotopic (exact) mass is 1040 g/mol. The maximum atomic E-state index is 4.05. The Bertz CT molecular complexity index is 2470. The SMILES string of the molecule is C1=CC=NCC=C1.C1CN1.[B]1c2ccccc2-c2ccccc21.c1c[se]cn1.c1c[te]cn1.c1ccc2[siH]cccc2c1.c1ccc2ncnc-2cc1.c1ccc2pcccc2c1. The number of benzene rings is 4. The van der Waals surface area contributed by atoms with E-state index in [9.17, 15) is 0 Å². The van der Waals surface area contributed by atoms with E-state index in [2.05, 4.69) is 179 Å². The number of hydrogen-bond acceptors (Lipinski definition) is 6. The van der Waals surface area contributed by atoms with Gasteiger partial charge in [-0.15, -0.1) is 0 Å². The number of aliphatic imine (C=N–C) groups is 1. The second-order valence-corrected chi connectivity index (χ2v) is 19.5. The van der Waals surface area contributed by atoms with Crippen molar-refractivity contribution in [2.24, 2.45) is 4.99 Å². The van der Waals surface area contributed by atoms with E-state index in [4.69, 9.17) is 0 Å². The van der Waals surface area contributed by atoms with Gasteiger partial charge in [0.15, 0.2) is 7.28 Å². The molecule has 4 aromatic carbocycles. The van der Waals surface area contributed by atoms with Crippen LogP contribution in [0.15, 0.2) is 229 Å². The zero-order valence-electron chi connectivity index (χ0n) is 34.8. The molecule has 11 heteroatoms.